The van der Waals surface area contributed by atoms with E-state index in [9.17, 15) is 18.3 Å². The van der Waals surface area contributed by atoms with Gasteiger partial charge in [-0.2, -0.15) is 0 Å². The molecular weight excluding hydrogens is 259 g/mol. The third-order valence-corrected chi connectivity index (χ3v) is 2.61. The number of halogens is 3. The van der Waals surface area contributed by atoms with E-state index in [0.29, 0.717) is 11.8 Å². The van der Waals surface area contributed by atoms with Crippen molar-refractivity contribution in [3.8, 4) is 0 Å². The predicted molar refractivity (Wildman–Crippen MR) is 61.7 cm³/mol. The quantitative estimate of drug-likeness (QED) is 0.821. The van der Waals surface area contributed by atoms with E-state index in [1.807, 2.05) is 0 Å². The first-order chi connectivity index (χ1) is 9.08. The summed E-state index contributed by atoms with van der Waals surface area (Å²) in [6, 6.07) is 4.52. The van der Waals surface area contributed by atoms with E-state index in [-0.39, 0.29) is 18.7 Å². The highest BCUT2D eigenvalue weighted by molar-refractivity contribution is 5.20. The molecule has 1 aromatic carbocycles. The van der Waals surface area contributed by atoms with Crippen LogP contribution in [0.3, 0.4) is 0 Å². The van der Waals surface area contributed by atoms with Crippen LogP contribution in [0, 0.1) is 17.5 Å². The lowest BCUT2D eigenvalue weighted by Gasteiger charge is -2.10. The Bertz CT molecular complexity index is 543. The van der Waals surface area contributed by atoms with Crippen LogP contribution < -0.4 is 5.32 Å². The van der Waals surface area contributed by atoms with Gasteiger partial charge < -0.3 is 14.8 Å². The van der Waals surface area contributed by atoms with Crippen LogP contribution in [0.2, 0.25) is 0 Å². The van der Waals surface area contributed by atoms with Gasteiger partial charge >= 0.3 is 0 Å². The molecule has 0 spiro atoms. The highest BCUT2D eigenvalue weighted by Gasteiger charge is 2.12. The Labute approximate surface area is 107 Å². The molecule has 2 aromatic rings. The molecule has 0 aliphatic carbocycles. The molecule has 6 heteroatoms. The van der Waals surface area contributed by atoms with Crippen molar-refractivity contribution in [2.24, 2.45) is 0 Å². The second-order valence-electron chi connectivity index (χ2n) is 4.02. The summed E-state index contributed by atoms with van der Waals surface area (Å²) in [7, 11) is 0. The summed E-state index contributed by atoms with van der Waals surface area (Å²) in [4.78, 5) is 0. The molecule has 1 heterocycles. The lowest BCUT2D eigenvalue weighted by atomic mass is 10.2. The number of nitrogens with one attached hydrogen (secondary N) is 1. The molecule has 0 aliphatic rings. The fraction of sp³-hybridized carbons (Fsp3) is 0.231. The molecule has 102 valence electrons. The molecule has 19 heavy (non-hydrogen) atoms. The highest BCUT2D eigenvalue weighted by atomic mass is 19.2. The van der Waals surface area contributed by atoms with Gasteiger partial charge in [0, 0.05) is 24.7 Å². The predicted octanol–water partition coefficient (Wildman–Crippen LogP) is 2.52. The number of furan rings is 1. The van der Waals surface area contributed by atoms with Crippen LogP contribution in [0.1, 0.15) is 17.4 Å². The average molecular weight is 271 g/mol. The summed E-state index contributed by atoms with van der Waals surface area (Å²) in [5.41, 5.74) is -0.00875. The second-order valence-corrected chi connectivity index (χ2v) is 4.02. The maximum atomic E-state index is 13.3. The molecule has 0 saturated carbocycles. The third-order valence-electron chi connectivity index (χ3n) is 2.61. The Kier molecular flexibility index (Phi) is 4.24. The van der Waals surface area contributed by atoms with Gasteiger partial charge in [-0.3, -0.25) is 0 Å². The first-order valence-corrected chi connectivity index (χ1v) is 5.63. The van der Waals surface area contributed by atoms with E-state index in [4.69, 9.17) is 4.42 Å². The van der Waals surface area contributed by atoms with Gasteiger partial charge in [0.15, 0.2) is 11.6 Å². The molecule has 0 amide bonds. The van der Waals surface area contributed by atoms with Crippen molar-refractivity contribution in [2.45, 2.75) is 12.6 Å². The maximum Gasteiger partial charge on any atom is 0.161 e. The zero-order valence-corrected chi connectivity index (χ0v) is 9.87. The molecular formula is C13H12F3NO2. The van der Waals surface area contributed by atoms with Gasteiger partial charge in [0.1, 0.15) is 17.7 Å². The topological polar surface area (TPSA) is 45.4 Å². The molecule has 3 nitrogen and oxygen atoms in total. The molecule has 1 unspecified atom stereocenters. The Hall–Kier alpha value is -1.79. The summed E-state index contributed by atoms with van der Waals surface area (Å²) >= 11 is 0. The van der Waals surface area contributed by atoms with Gasteiger partial charge in [-0.1, -0.05) is 0 Å². The number of hydrogen-bond acceptors (Lipinski definition) is 3. The van der Waals surface area contributed by atoms with Crippen molar-refractivity contribution in [3.63, 3.8) is 0 Å². The summed E-state index contributed by atoms with van der Waals surface area (Å²) in [6.07, 6.45) is 0.538. The molecule has 2 rings (SSSR count). The fourth-order valence-electron chi connectivity index (χ4n) is 1.62. The number of aliphatic hydroxyl groups is 1. The number of hydrogen-bond donors (Lipinski definition) is 2. The minimum absolute atomic E-state index is 0.00875. The smallest absolute Gasteiger partial charge is 0.161 e. The van der Waals surface area contributed by atoms with E-state index >= 15 is 0 Å². The first-order valence-electron chi connectivity index (χ1n) is 5.63. The normalized spacial score (nSPS) is 12.6. The Morgan fingerprint density at radius 1 is 1.16 bits per heavy atom. The Balaban J connectivity index is 1.91. The van der Waals surface area contributed by atoms with Gasteiger partial charge in [-0.15, -0.1) is 0 Å². The SMILES string of the molecule is OC(CNCc1cc(F)c(F)cc1F)c1ccco1. The fourth-order valence-corrected chi connectivity index (χ4v) is 1.62. The summed E-state index contributed by atoms with van der Waals surface area (Å²) in [5, 5.41) is 12.4. The van der Waals surface area contributed by atoms with Gasteiger partial charge in [-0.05, 0) is 18.2 Å². The lowest BCUT2D eigenvalue weighted by Crippen LogP contribution is -2.21. The van der Waals surface area contributed by atoms with Gasteiger partial charge in [0.05, 0.1) is 6.26 Å². The van der Waals surface area contributed by atoms with Crippen molar-refractivity contribution < 1.29 is 22.7 Å². The highest BCUT2D eigenvalue weighted by Crippen LogP contribution is 2.15. The van der Waals surface area contributed by atoms with E-state index in [2.05, 4.69) is 5.32 Å². The Morgan fingerprint density at radius 2 is 1.89 bits per heavy atom. The molecule has 0 aliphatic heterocycles. The van der Waals surface area contributed by atoms with Crippen LogP contribution in [0.25, 0.3) is 0 Å². The van der Waals surface area contributed by atoms with Crippen LogP contribution in [-0.4, -0.2) is 11.7 Å². The van der Waals surface area contributed by atoms with Crippen LogP contribution in [-0.2, 0) is 6.54 Å². The first kappa shape index (κ1) is 13.6. The second kappa shape index (κ2) is 5.90. The van der Waals surface area contributed by atoms with Crippen molar-refractivity contribution >= 4 is 0 Å². The van der Waals surface area contributed by atoms with Crippen molar-refractivity contribution in [1.29, 1.82) is 0 Å². The van der Waals surface area contributed by atoms with Gasteiger partial charge in [-0.25, -0.2) is 13.2 Å². The molecule has 0 radical (unpaired) electrons. The minimum atomic E-state index is -1.23. The van der Waals surface area contributed by atoms with Gasteiger partial charge in [0.2, 0.25) is 0 Å². The monoisotopic (exact) mass is 271 g/mol. The zero-order chi connectivity index (χ0) is 13.8. The standard InChI is InChI=1S/C13H12F3NO2/c14-9-5-11(16)10(15)4-8(9)6-17-7-12(18)13-2-1-3-19-13/h1-5,12,17-18H,6-7H2. The van der Waals surface area contributed by atoms with Crippen molar-refractivity contribution in [2.75, 3.05) is 6.54 Å². The lowest BCUT2D eigenvalue weighted by molar-refractivity contribution is 0.147. The molecule has 1 aromatic heterocycles. The van der Waals surface area contributed by atoms with Crippen LogP contribution in [0.15, 0.2) is 34.9 Å². The maximum absolute atomic E-state index is 13.3. The molecule has 2 N–H and O–H groups in total. The van der Waals surface area contributed by atoms with Crippen LogP contribution >= 0.6 is 0 Å². The molecule has 0 bridgehead atoms. The average Bonchev–Trinajstić information content (AvgIpc) is 2.89. The molecule has 1 atom stereocenters. The van der Waals surface area contributed by atoms with E-state index in [1.165, 1.54) is 6.26 Å². The molecule has 0 saturated heterocycles. The number of rotatable bonds is 5. The van der Waals surface area contributed by atoms with Crippen molar-refractivity contribution in [1.82, 2.24) is 5.32 Å². The van der Waals surface area contributed by atoms with Crippen molar-refractivity contribution in [3.05, 3.63) is 59.3 Å². The number of benzene rings is 1. The summed E-state index contributed by atoms with van der Waals surface area (Å²) < 4.78 is 43.9. The van der Waals surface area contributed by atoms with E-state index in [1.54, 1.807) is 12.1 Å². The van der Waals surface area contributed by atoms with Crippen LogP contribution in [0.4, 0.5) is 13.2 Å². The summed E-state index contributed by atoms with van der Waals surface area (Å²) in [5.74, 6) is -2.79. The van der Waals surface area contributed by atoms with E-state index in [0.717, 1.165) is 6.07 Å². The van der Waals surface area contributed by atoms with Crippen LogP contribution in [0.5, 0.6) is 0 Å². The summed E-state index contributed by atoms with van der Waals surface area (Å²) in [6.45, 7) is 0.0761. The zero-order valence-electron chi connectivity index (χ0n) is 9.87. The third kappa shape index (κ3) is 3.36. The number of aliphatic hydroxyl groups excluding tert-OH is 1. The van der Waals surface area contributed by atoms with E-state index < -0.39 is 23.6 Å². The largest absolute Gasteiger partial charge is 0.467 e. The molecule has 0 fully saturated rings. The Morgan fingerprint density at radius 3 is 2.58 bits per heavy atom. The van der Waals surface area contributed by atoms with Gasteiger partial charge in [0.25, 0.3) is 0 Å². The minimum Gasteiger partial charge on any atom is -0.467 e.